The van der Waals surface area contributed by atoms with Gasteiger partial charge in [-0.25, -0.2) is 0 Å². The predicted molar refractivity (Wildman–Crippen MR) is 87.0 cm³/mol. The summed E-state index contributed by atoms with van der Waals surface area (Å²) in [5.41, 5.74) is 2.16. The highest BCUT2D eigenvalue weighted by Gasteiger charge is 2.50. The van der Waals surface area contributed by atoms with Crippen LogP contribution in [0.15, 0.2) is 42.6 Å². The van der Waals surface area contributed by atoms with Gasteiger partial charge in [-0.15, -0.1) is 0 Å². The Kier molecular flexibility index (Phi) is 3.24. The number of fused-ring (bicyclic) bond motifs is 2. The summed E-state index contributed by atoms with van der Waals surface area (Å²) in [6.45, 7) is 1.76. The number of carbonyl (C=O) groups excluding carboxylic acids is 1. The fraction of sp³-hybridized carbons (Fsp3) is 0.353. The van der Waals surface area contributed by atoms with Gasteiger partial charge in [0.2, 0.25) is 5.91 Å². The average molecular weight is 316 g/mol. The van der Waals surface area contributed by atoms with Gasteiger partial charge in [-0.2, -0.15) is 0 Å². The molecule has 0 radical (unpaired) electrons. The Hall–Kier alpha value is -1.78. The lowest BCUT2D eigenvalue weighted by Gasteiger charge is -2.34. The Morgan fingerprint density at radius 2 is 2.14 bits per heavy atom. The van der Waals surface area contributed by atoms with Crippen molar-refractivity contribution >= 4 is 23.2 Å². The first-order chi connectivity index (χ1) is 10.6. The standard InChI is InChI=1S/C17H18ClN3O/c1-19-7-3-6-14(19)10-20-11-15-9-16(20)17(22)21(15)13-5-2-4-12(18)8-13/h2-8,15-16H,9-11H2,1H3/t15-,16-/m0/s1. The first kappa shape index (κ1) is 13.9. The minimum absolute atomic E-state index is 0.00104. The van der Waals surface area contributed by atoms with E-state index in [1.54, 1.807) is 0 Å². The van der Waals surface area contributed by atoms with Crippen LogP contribution in [0, 0.1) is 0 Å². The van der Waals surface area contributed by atoms with Gasteiger partial charge < -0.3 is 9.47 Å². The van der Waals surface area contributed by atoms with E-state index < -0.39 is 0 Å². The maximum absolute atomic E-state index is 12.7. The number of carbonyl (C=O) groups is 1. The topological polar surface area (TPSA) is 28.5 Å². The molecule has 0 aliphatic carbocycles. The third kappa shape index (κ3) is 2.14. The normalized spacial score (nSPS) is 24.5. The number of aryl methyl sites for hydroxylation is 1. The third-order valence-electron chi connectivity index (χ3n) is 4.77. The van der Waals surface area contributed by atoms with E-state index in [0.717, 1.165) is 25.2 Å². The first-order valence-corrected chi connectivity index (χ1v) is 7.94. The number of anilines is 1. The number of benzene rings is 1. The summed E-state index contributed by atoms with van der Waals surface area (Å²) in [5, 5.41) is 0.675. The third-order valence-corrected chi connectivity index (χ3v) is 5.01. The molecule has 1 aromatic carbocycles. The molecule has 2 saturated heterocycles. The second-order valence-corrected chi connectivity index (χ2v) is 6.57. The number of amides is 1. The van der Waals surface area contributed by atoms with E-state index in [0.29, 0.717) is 5.02 Å². The highest BCUT2D eigenvalue weighted by atomic mass is 35.5. The van der Waals surface area contributed by atoms with Crippen LogP contribution in [0.3, 0.4) is 0 Å². The Balaban J connectivity index is 1.54. The second-order valence-electron chi connectivity index (χ2n) is 6.13. The van der Waals surface area contributed by atoms with Crippen molar-refractivity contribution < 1.29 is 4.79 Å². The predicted octanol–water partition coefficient (Wildman–Crippen LogP) is 2.67. The van der Waals surface area contributed by atoms with Crippen LogP contribution in [0.25, 0.3) is 0 Å². The molecule has 2 aromatic rings. The van der Waals surface area contributed by atoms with Gasteiger partial charge in [0.05, 0.1) is 12.1 Å². The van der Waals surface area contributed by atoms with Crippen molar-refractivity contribution in [3.8, 4) is 0 Å². The maximum atomic E-state index is 12.7. The number of rotatable bonds is 3. The molecule has 1 amide bonds. The minimum Gasteiger partial charge on any atom is -0.353 e. The number of likely N-dealkylation sites (tertiary alicyclic amines) is 1. The highest BCUT2D eigenvalue weighted by molar-refractivity contribution is 6.31. The monoisotopic (exact) mass is 315 g/mol. The Morgan fingerprint density at radius 3 is 2.82 bits per heavy atom. The SMILES string of the molecule is Cn1cccc1CN1C[C@@H]2C[C@H]1C(=O)N2c1cccc(Cl)c1. The summed E-state index contributed by atoms with van der Waals surface area (Å²) in [7, 11) is 2.05. The van der Waals surface area contributed by atoms with Gasteiger partial charge >= 0.3 is 0 Å². The summed E-state index contributed by atoms with van der Waals surface area (Å²) < 4.78 is 2.12. The van der Waals surface area contributed by atoms with Crippen LogP contribution in [0.5, 0.6) is 0 Å². The number of hydrogen-bond acceptors (Lipinski definition) is 2. The Bertz CT molecular complexity index is 726. The second kappa shape index (κ2) is 5.14. The highest BCUT2D eigenvalue weighted by Crippen LogP contribution is 2.37. The summed E-state index contributed by atoms with van der Waals surface area (Å²) >= 11 is 6.06. The Morgan fingerprint density at radius 1 is 1.27 bits per heavy atom. The van der Waals surface area contributed by atoms with Crippen molar-refractivity contribution in [2.45, 2.75) is 25.0 Å². The molecule has 2 atom stereocenters. The fourth-order valence-electron chi connectivity index (χ4n) is 3.67. The van der Waals surface area contributed by atoms with E-state index in [2.05, 4.69) is 15.5 Å². The van der Waals surface area contributed by atoms with Crippen molar-refractivity contribution in [1.29, 1.82) is 0 Å². The largest absolute Gasteiger partial charge is 0.353 e. The molecule has 0 N–H and O–H groups in total. The maximum Gasteiger partial charge on any atom is 0.244 e. The number of aromatic nitrogens is 1. The molecular weight excluding hydrogens is 298 g/mol. The summed E-state index contributed by atoms with van der Waals surface area (Å²) in [6, 6.07) is 12.0. The van der Waals surface area contributed by atoms with Crippen LogP contribution in [-0.2, 0) is 18.4 Å². The van der Waals surface area contributed by atoms with Gasteiger partial charge in [0.25, 0.3) is 0 Å². The zero-order chi connectivity index (χ0) is 15.3. The lowest BCUT2D eigenvalue weighted by molar-refractivity contribution is -0.122. The van der Waals surface area contributed by atoms with Gasteiger partial charge in [0, 0.05) is 42.7 Å². The van der Waals surface area contributed by atoms with Gasteiger partial charge in [0.15, 0.2) is 0 Å². The molecular formula is C17H18ClN3O. The van der Waals surface area contributed by atoms with Crippen molar-refractivity contribution in [3.05, 3.63) is 53.3 Å². The molecule has 0 unspecified atom stereocenters. The van der Waals surface area contributed by atoms with Crippen LogP contribution < -0.4 is 4.90 Å². The minimum atomic E-state index is -0.00104. The van der Waals surface area contributed by atoms with Gasteiger partial charge in [-0.05, 0) is 36.8 Å². The molecule has 5 heteroatoms. The average Bonchev–Trinajstić information content (AvgIpc) is 3.15. The van der Waals surface area contributed by atoms with E-state index in [-0.39, 0.29) is 18.0 Å². The van der Waals surface area contributed by atoms with Gasteiger partial charge in [0.1, 0.15) is 0 Å². The van der Waals surface area contributed by atoms with Crippen LogP contribution in [0.2, 0.25) is 5.02 Å². The molecule has 1 aromatic heterocycles. The van der Waals surface area contributed by atoms with E-state index in [1.165, 1.54) is 5.69 Å². The van der Waals surface area contributed by atoms with Crippen LogP contribution in [-0.4, -0.2) is 34.0 Å². The molecule has 2 aliphatic heterocycles. The molecule has 114 valence electrons. The molecule has 0 saturated carbocycles. The molecule has 2 fully saturated rings. The van der Waals surface area contributed by atoms with Crippen molar-refractivity contribution in [2.24, 2.45) is 7.05 Å². The van der Waals surface area contributed by atoms with Gasteiger partial charge in [-0.1, -0.05) is 17.7 Å². The number of hydrogen-bond donors (Lipinski definition) is 0. The van der Waals surface area contributed by atoms with Gasteiger partial charge in [-0.3, -0.25) is 9.69 Å². The zero-order valence-electron chi connectivity index (χ0n) is 12.4. The van der Waals surface area contributed by atoms with E-state index in [9.17, 15) is 4.79 Å². The molecule has 4 rings (SSSR count). The lowest BCUT2D eigenvalue weighted by Crippen LogP contribution is -2.50. The molecule has 4 nitrogen and oxygen atoms in total. The fourth-order valence-corrected chi connectivity index (χ4v) is 3.86. The van der Waals surface area contributed by atoms with Crippen LogP contribution >= 0.6 is 11.6 Å². The number of nitrogens with zero attached hydrogens (tertiary/aromatic N) is 3. The lowest BCUT2D eigenvalue weighted by atomic mass is 10.2. The summed E-state index contributed by atoms with van der Waals surface area (Å²) in [6.07, 6.45) is 2.96. The molecule has 22 heavy (non-hydrogen) atoms. The van der Waals surface area contributed by atoms with Crippen molar-refractivity contribution in [3.63, 3.8) is 0 Å². The van der Waals surface area contributed by atoms with Crippen LogP contribution in [0.1, 0.15) is 12.1 Å². The first-order valence-electron chi connectivity index (χ1n) is 7.56. The molecule has 2 aliphatic rings. The molecule has 3 heterocycles. The smallest absolute Gasteiger partial charge is 0.244 e. The van der Waals surface area contributed by atoms with Crippen LogP contribution in [0.4, 0.5) is 5.69 Å². The summed E-state index contributed by atoms with van der Waals surface area (Å²) in [5.74, 6) is 0.202. The number of piperazine rings is 1. The van der Waals surface area contributed by atoms with Crippen molar-refractivity contribution in [1.82, 2.24) is 9.47 Å². The zero-order valence-corrected chi connectivity index (χ0v) is 13.2. The summed E-state index contributed by atoms with van der Waals surface area (Å²) in [4.78, 5) is 17.0. The van der Waals surface area contributed by atoms with E-state index in [1.807, 2.05) is 48.5 Å². The van der Waals surface area contributed by atoms with E-state index in [4.69, 9.17) is 11.6 Å². The van der Waals surface area contributed by atoms with Crippen molar-refractivity contribution in [2.75, 3.05) is 11.4 Å². The molecule has 2 bridgehead atoms. The molecule has 0 spiro atoms. The quantitative estimate of drug-likeness (QED) is 0.871. The van der Waals surface area contributed by atoms with E-state index >= 15 is 0 Å². The number of halogens is 1. The Labute approximate surface area is 134 Å².